The van der Waals surface area contributed by atoms with Crippen LogP contribution in [0, 0.1) is 17.0 Å². The molecule has 1 aliphatic heterocycles. The van der Waals surface area contributed by atoms with E-state index in [1.165, 1.54) is 30.3 Å². The normalized spacial score (nSPS) is 14.7. The molecule has 0 spiro atoms. The maximum atomic E-state index is 13.1. The lowest BCUT2D eigenvalue weighted by Gasteiger charge is -2.26. The average Bonchev–Trinajstić information content (AvgIpc) is 2.83. The van der Waals surface area contributed by atoms with Crippen LogP contribution < -0.4 is 15.0 Å². The van der Waals surface area contributed by atoms with Crippen molar-refractivity contribution in [2.45, 2.75) is 13.5 Å². The molecule has 0 unspecified atom stereocenters. The van der Waals surface area contributed by atoms with Crippen LogP contribution in [0.1, 0.15) is 16.7 Å². The number of halogens is 2. The van der Waals surface area contributed by atoms with Crippen molar-refractivity contribution in [3.8, 4) is 5.75 Å². The van der Waals surface area contributed by atoms with E-state index in [4.69, 9.17) is 27.9 Å². The highest BCUT2D eigenvalue weighted by atomic mass is 35.5. The van der Waals surface area contributed by atoms with Crippen LogP contribution in [0.5, 0.6) is 5.75 Å². The van der Waals surface area contributed by atoms with Crippen LogP contribution >= 0.6 is 23.2 Å². The lowest BCUT2D eigenvalue weighted by atomic mass is 10.1. The molecule has 0 aromatic heterocycles. The Morgan fingerprint density at radius 1 is 1.00 bits per heavy atom. The molecule has 0 saturated carbocycles. The topological polar surface area (TPSA) is 119 Å². The number of anilines is 1. The second kappa shape index (κ2) is 10.2. The highest BCUT2D eigenvalue weighted by Crippen LogP contribution is 2.30. The van der Waals surface area contributed by atoms with E-state index < -0.39 is 22.8 Å². The van der Waals surface area contributed by atoms with Gasteiger partial charge < -0.3 is 4.74 Å². The first-order chi connectivity index (χ1) is 17.1. The number of carbonyl (C=O) groups is 3. The summed E-state index contributed by atoms with van der Waals surface area (Å²) in [6.45, 7) is 1.90. The number of aryl methyl sites for hydroxylation is 1. The molecular weight excluding hydrogens is 509 g/mol. The van der Waals surface area contributed by atoms with Crippen molar-refractivity contribution in [2.75, 3.05) is 4.90 Å². The molecule has 4 rings (SSSR count). The third-order valence-electron chi connectivity index (χ3n) is 5.32. The minimum atomic E-state index is -0.880. The summed E-state index contributed by atoms with van der Waals surface area (Å²) in [5.41, 5.74) is 1.83. The summed E-state index contributed by atoms with van der Waals surface area (Å²) in [5, 5.41) is 13.5. The van der Waals surface area contributed by atoms with Crippen molar-refractivity contribution in [1.29, 1.82) is 0 Å². The second-order valence-electron chi connectivity index (χ2n) is 7.79. The molecule has 3 aromatic carbocycles. The fourth-order valence-electron chi connectivity index (χ4n) is 3.38. The number of imide groups is 2. The third-order valence-corrected chi connectivity index (χ3v) is 6.03. The molecule has 11 heteroatoms. The van der Waals surface area contributed by atoms with E-state index in [1.54, 1.807) is 43.3 Å². The van der Waals surface area contributed by atoms with E-state index in [1.807, 2.05) is 0 Å². The summed E-state index contributed by atoms with van der Waals surface area (Å²) in [4.78, 5) is 49.0. The number of hydrogen-bond donors (Lipinski definition) is 1. The number of non-ortho nitro benzene ring substituents is 1. The lowest BCUT2D eigenvalue weighted by Crippen LogP contribution is -2.54. The van der Waals surface area contributed by atoms with Gasteiger partial charge in [0.05, 0.1) is 15.6 Å². The van der Waals surface area contributed by atoms with E-state index in [9.17, 15) is 24.5 Å². The zero-order valence-electron chi connectivity index (χ0n) is 18.7. The Balaban J connectivity index is 1.53. The quantitative estimate of drug-likeness (QED) is 0.197. The predicted molar refractivity (Wildman–Crippen MR) is 134 cm³/mol. The first-order valence-corrected chi connectivity index (χ1v) is 11.2. The summed E-state index contributed by atoms with van der Waals surface area (Å²) in [5.74, 6) is -1.31. The molecule has 1 aliphatic rings. The van der Waals surface area contributed by atoms with Gasteiger partial charge in [0.15, 0.2) is 0 Å². The van der Waals surface area contributed by atoms with Crippen LogP contribution in [0.15, 0.2) is 66.2 Å². The van der Waals surface area contributed by atoms with Gasteiger partial charge in [-0.05, 0) is 66.1 Å². The molecule has 1 heterocycles. The molecule has 9 nitrogen and oxygen atoms in total. The number of nitrogens with zero attached hydrogens (tertiary/aromatic N) is 2. The highest BCUT2D eigenvalue weighted by molar-refractivity contribution is 6.39. The molecule has 3 aromatic rings. The first-order valence-electron chi connectivity index (χ1n) is 10.5. The van der Waals surface area contributed by atoms with Crippen molar-refractivity contribution in [2.24, 2.45) is 0 Å². The van der Waals surface area contributed by atoms with Gasteiger partial charge in [-0.1, -0.05) is 35.3 Å². The molecule has 0 radical (unpaired) electrons. The van der Waals surface area contributed by atoms with Crippen LogP contribution in [0.3, 0.4) is 0 Å². The van der Waals surface area contributed by atoms with Gasteiger partial charge in [0, 0.05) is 17.2 Å². The Hall–Kier alpha value is -4.21. The Labute approximate surface area is 215 Å². The van der Waals surface area contributed by atoms with Gasteiger partial charge in [0.2, 0.25) is 0 Å². The molecule has 0 aliphatic carbocycles. The number of nitro groups is 1. The van der Waals surface area contributed by atoms with Crippen molar-refractivity contribution in [3.05, 3.63) is 103 Å². The van der Waals surface area contributed by atoms with Gasteiger partial charge in [0.1, 0.15) is 17.9 Å². The molecule has 36 heavy (non-hydrogen) atoms. The maximum Gasteiger partial charge on any atom is 0.335 e. The minimum absolute atomic E-state index is 0.0267. The lowest BCUT2D eigenvalue weighted by molar-refractivity contribution is -0.384. The maximum absolute atomic E-state index is 13.1. The zero-order chi connectivity index (χ0) is 26.0. The van der Waals surface area contributed by atoms with Gasteiger partial charge in [-0.2, -0.15) is 0 Å². The largest absolute Gasteiger partial charge is 0.487 e. The van der Waals surface area contributed by atoms with Gasteiger partial charge in [0.25, 0.3) is 17.5 Å². The third kappa shape index (κ3) is 5.22. The van der Waals surface area contributed by atoms with Gasteiger partial charge >= 0.3 is 6.03 Å². The van der Waals surface area contributed by atoms with E-state index in [0.717, 1.165) is 10.5 Å². The van der Waals surface area contributed by atoms with Crippen molar-refractivity contribution >= 4 is 58.5 Å². The smallest absolute Gasteiger partial charge is 0.335 e. The summed E-state index contributed by atoms with van der Waals surface area (Å²) in [6.07, 6.45) is 1.32. The number of barbiturate groups is 1. The number of benzene rings is 3. The molecule has 0 atom stereocenters. The molecule has 4 amide bonds. The van der Waals surface area contributed by atoms with Crippen LogP contribution in [-0.4, -0.2) is 22.8 Å². The fraction of sp³-hybridized carbons (Fsp3) is 0.0800. The van der Waals surface area contributed by atoms with E-state index in [0.29, 0.717) is 21.9 Å². The van der Waals surface area contributed by atoms with Crippen LogP contribution in [-0.2, 0) is 16.2 Å². The summed E-state index contributed by atoms with van der Waals surface area (Å²) in [7, 11) is 0. The minimum Gasteiger partial charge on any atom is -0.487 e. The van der Waals surface area contributed by atoms with Crippen LogP contribution in [0.4, 0.5) is 16.2 Å². The number of nitrogens with one attached hydrogen (secondary N) is 1. The Morgan fingerprint density at radius 2 is 1.72 bits per heavy atom. The Kier molecular flexibility index (Phi) is 7.05. The summed E-state index contributed by atoms with van der Waals surface area (Å²) >= 11 is 12.5. The van der Waals surface area contributed by atoms with Crippen LogP contribution in [0.25, 0.3) is 6.08 Å². The number of urea groups is 1. The van der Waals surface area contributed by atoms with E-state index in [-0.39, 0.29) is 28.6 Å². The second-order valence-corrected chi connectivity index (χ2v) is 8.61. The fourth-order valence-corrected chi connectivity index (χ4v) is 3.80. The average molecular weight is 526 g/mol. The summed E-state index contributed by atoms with van der Waals surface area (Å²) in [6, 6.07) is 14.4. The first kappa shape index (κ1) is 24.9. The van der Waals surface area contributed by atoms with Crippen molar-refractivity contribution < 1.29 is 24.0 Å². The van der Waals surface area contributed by atoms with Gasteiger partial charge in [-0.3, -0.25) is 25.0 Å². The van der Waals surface area contributed by atoms with Gasteiger partial charge in [-0.25, -0.2) is 9.69 Å². The number of carbonyl (C=O) groups excluding carboxylic acids is 3. The summed E-state index contributed by atoms with van der Waals surface area (Å²) < 4.78 is 5.69. The monoisotopic (exact) mass is 525 g/mol. The van der Waals surface area contributed by atoms with E-state index in [2.05, 4.69) is 5.32 Å². The highest BCUT2D eigenvalue weighted by Gasteiger charge is 2.37. The van der Waals surface area contributed by atoms with Crippen molar-refractivity contribution in [3.63, 3.8) is 0 Å². The predicted octanol–water partition coefficient (Wildman–Crippen LogP) is 5.46. The van der Waals surface area contributed by atoms with Crippen LogP contribution in [0.2, 0.25) is 10.0 Å². The standard InChI is InChI=1S/C25H17Cl2N3O6/c1-14-2-6-18(12-20(14)26)29-24(32)19(23(31)28-25(29)33)10-16-5-9-22(21(27)11-16)36-13-15-3-7-17(8-4-15)30(34)35/h2-12H,13H2,1H3,(H,28,31,33)/b19-10+. The number of hydrogen-bond acceptors (Lipinski definition) is 6. The molecule has 1 saturated heterocycles. The SMILES string of the molecule is Cc1ccc(N2C(=O)NC(=O)/C(=C\c3ccc(OCc4ccc([N+](=O)[O-])cc4)c(Cl)c3)C2=O)cc1Cl. The zero-order valence-corrected chi connectivity index (χ0v) is 20.2. The van der Waals surface area contributed by atoms with Gasteiger partial charge in [-0.15, -0.1) is 0 Å². The Morgan fingerprint density at radius 3 is 2.36 bits per heavy atom. The molecule has 0 bridgehead atoms. The number of nitro benzene ring substituents is 1. The Bertz CT molecular complexity index is 1440. The molecule has 1 N–H and O–H groups in total. The number of ether oxygens (including phenoxy) is 1. The molecular formula is C25H17Cl2N3O6. The number of amides is 4. The van der Waals surface area contributed by atoms with Crippen molar-refractivity contribution in [1.82, 2.24) is 5.32 Å². The molecule has 182 valence electrons. The number of rotatable bonds is 6. The molecule has 1 fully saturated rings. The van der Waals surface area contributed by atoms with E-state index >= 15 is 0 Å².